The Morgan fingerprint density at radius 1 is 0.786 bits per heavy atom. The number of carbonyl (C=O) groups excluding carboxylic acids is 1. The fraction of sp³-hybridized carbons (Fsp3) is 0.382. The number of ether oxygens (including phenoxy) is 3. The Labute approximate surface area is 246 Å². The molecule has 1 N–H and O–H groups in total. The minimum Gasteiger partial charge on any atom is -0.494 e. The zero-order chi connectivity index (χ0) is 30.8. The summed E-state index contributed by atoms with van der Waals surface area (Å²) >= 11 is 0. The number of benzene rings is 3. The summed E-state index contributed by atoms with van der Waals surface area (Å²) in [7, 11) is 0. The quantitative estimate of drug-likeness (QED) is 0.171. The highest BCUT2D eigenvalue weighted by molar-refractivity contribution is 5.99. The summed E-state index contributed by atoms with van der Waals surface area (Å²) in [5.74, 6) is 1.28. The van der Waals surface area contributed by atoms with E-state index in [2.05, 4.69) is 12.2 Å². The molecule has 226 valence electrons. The minimum absolute atomic E-state index is 0.152. The number of hydrogen-bond donors (Lipinski definition) is 1. The predicted molar refractivity (Wildman–Crippen MR) is 161 cm³/mol. The molecule has 0 unspecified atom stereocenters. The number of amides is 1. The molecule has 1 amide bonds. The molecule has 0 aliphatic rings. The number of unbranched alkanes of at least 4 members (excludes halogenated alkanes) is 1. The first kappa shape index (κ1) is 32.6. The van der Waals surface area contributed by atoms with Crippen molar-refractivity contribution in [1.29, 1.82) is 0 Å². The smallest absolute Gasteiger partial charge is 0.416 e. The zero-order valence-corrected chi connectivity index (χ0v) is 24.9. The van der Waals surface area contributed by atoms with Gasteiger partial charge in [0.15, 0.2) is 0 Å². The van der Waals surface area contributed by atoms with E-state index in [-0.39, 0.29) is 18.7 Å². The van der Waals surface area contributed by atoms with E-state index in [0.29, 0.717) is 35.7 Å². The van der Waals surface area contributed by atoms with Crippen LogP contribution in [0.3, 0.4) is 0 Å². The second-order valence-electron chi connectivity index (χ2n) is 10.8. The summed E-state index contributed by atoms with van der Waals surface area (Å²) in [5.41, 5.74) is 1.71. The van der Waals surface area contributed by atoms with Crippen molar-refractivity contribution in [2.24, 2.45) is 0 Å². The van der Waals surface area contributed by atoms with Crippen molar-refractivity contribution in [3.8, 4) is 11.5 Å². The van der Waals surface area contributed by atoms with Crippen LogP contribution < -0.4 is 14.8 Å². The van der Waals surface area contributed by atoms with Crippen molar-refractivity contribution in [3.63, 3.8) is 0 Å². The molecule has 8 heteroatoms. The van der Waals surface area contributed by atoms with Crippen LogP contribution in [0.5, 0.6) is 11.5 Å². The van der Waals surface area contributed by atoms with Gasteiger partial charge in [-0.05, 0) is 91.8 Å². The Balaban J connectivity index is 1.93. The van der Waals surface area contributed by atoms with Crippen molar-refractivity contribution in [1.82, 2.24) is 5.32 Å². The average molecular weight is 584 g/mol. The zero-order valence-electron chi connectivity index (χ0n) is 24.9. The second kappa shape index (κ2) is 14.8. The number of allylic oxidation sites excluding steroid dienone is 1. The topological polar surface area (TPSA) is 56.8 Å². The lowest BCUT2D eigenvalue weighted by molar-refractivity contribution is -0.137. The molecule has 0 aromatic heterocycles. The van der Waals surface area contributed by atoms with Crippen LogP contribution in [-0.2, 0) is 10.9 Å². The summed E-state index contributed by atoms with van der Waals surface area (Å²) in [6.45, 7) is 10.4. The maximum absolute atomic E-state index is 14.1. The minimum atomic E-state index is -4.50. The van der Waals surface area contributed by atoms with Gasteiger partial charge in [0.25, 0.3) is 0 Å². The number of rotatable bonds is 12. The Hall–Kier alpha value is -3.94. The van der Waals surface area contributed by atoms with E-state index in [1.165, 1.54) is 12.1 Å². The van der Waals surface area contributed by atoms with Crippen LogP contribution in [0.1, 0.15) is 76.1 Å². The highest BCUT2D eigenvalue weighted by Crippen LogP contribution is 2.41. The lowest BCUT2D eigenvalue weighted by Gasteiger charge is -2.20. The van der Waals surface area contributed by atoms with Crippen LogP contribution in [0, 0.1) is 0 Å². The van der Waals surface area contributed by atoms with Crippen LogP contribution in [0.2, 0.25) is 0 Å². The maximum Gasteiger partial charge on any atom is 0.416 e. The molecule has 0 saturated carbocycles. The van der Waals surface area contributed by atoms with E-state index in [9.17, 15) is 18.0 Å². The largest absolute Gasteiger partial charge is 0.494 e. The van der Waals surface area contributed by atoms with Crippen molar-refractivity contribution in [2.75, 3.05) is 19.8 Å². The molecule has 3 aromatic carbocycles. The fourth-order valence-corrected chi connectivity index (χ4v) is 4.42. The van der Waals surface area contributed by atoms with Gasteiger partial charge in [0, 0.05) is 0 Å². The Morgan fingerprint density at radius 2 is 1.33 bits per heavy atom. The Morgan fingerprint density at radius 3 is 1.83 bits per heavy atom. The first-order valence-corrected chi connectivity index (χ1v) is 14.3. The molecule has 0 bridgehead atoms. The lowest BCUT2D eigenvalue weighted by atomic mass is 9.86. The molecular weight excluding hydrogens is 543 g/mol. The van der Waals surface area contributed by atoms with E-state index in [4.69, 9.17) is 14.2 Å². The van der Waals surface area contributed by atoms with Gasteiger partial charge >= 0.3 is 12.3 Å². The molecule has 0 saturated heterocycles. The lowest BCUT2D eigenvalue weighted by Crippen LogP contribution is -2.34. The van der Waals surface area contributed by atoms with Crippen LogP contribution in [0.4, 0.5) is 18.0 Å². The van der Waals surface area contributed by atoms with E-state index >= 15 is 0 Å². The number of carbonyl (C=O) groups is 1. The summed E-state index contributed by atoms with van der Waals surface area (Å²) in [6, 6.07) is 20.4. The molecule has 3 aromatic rings. The number of alkyl halides is 3. The maximum atomic E-state index is 14.1. The monoisotopic (exact) mass is 583 g/mol. The van der Waals surface area contributed by atoms with E-state index in [1.807, 2.05) is 43.3 Å². The Kier molecular flexibility index (Phi) is 11.5. The number of alkyl carbamates (subject to hydrolysis) is 1. The van der Waals surface area contributed by atoms with Gasteiger partial charge in [-0.1, -0.05) is 62.7 Å². The first-order valence-electron chi connectivity index (χ1n) is 14.3. The van der Waals surface area contributed by atoms with Crippen molar-refractivity contribution in [2.45, 2.75) is 65.7 Å². The van der Waals surface area contributed by atoms with Gasteiger partial charge in [-0.15, -0.1) is 0 Å². The van der Waals surface area contributed by atoms with Gasteiger partial charge in [-0.2, -0.15) is 13.2 Å². The van der Waals surface area contributed by atoms with Gasteiger partial charge in [-0.3, -0.25) is 0 Å². The summed E-state index contributed by atoms with van der Waals surface area (Å²) in [5, 5.41) is 2.64. The molecule has 0 heterocycles. The molecule has 0 radical (unpaired) electrons. The van der Waals surface area contributed by atoms with E-state index < -0.39 is 23.4 Å². The third kappa shape index (κ3) is 9.57. The molecule has 0 atom stereocenters. The number of halogens is 3. The van der Waals surface area contributed by atoms with Crippen LogP contribution >= 0.6 is 0 Å². The molecule has 0 fully saturated rings. The molecule has 42 heavy (non-hydrogen) atoms. The highest BCUT2D eigenvalue weighted by atomic mass is 19.4. The molecule has 0 aliphatic carbocycles. The van der Waals surface area contributed by atoms with Crippen molar-refractivity contribution >= 4 is 17.2 Å². The van der Waals surface area contributed by atoms with Gasteiger partial charge in [0.1, 0.15) is 23.7 Å². The van der Waals surface area contributed by atoms with Gasteiger partial charge < -0.3 is 19.5 Å². The van der Waals surface area contributed by atoms with Crippen molar-refractivity contribution < 1.29 is 32.2 Å². The standard InChI is InChI=1S/C34H40F3NO4/c1-6-8-22-40-26-17-13-24(14-18-26)31(28(7-2)29-11-9-10-12-30(29)34(35,36)37)25-15-19-27(20-16-25)41-23-21-38-32(39)42-33(3,4)5/h9-20H,6-8,21-23H2,1-5H3,(H,38,39)/b31-28-. The summed E-state index contributed by atoms with van der Waals surface area (Å²) in [4.78, 5) is 11.8. The third-order valence-corrected chi connectivity index (χ3v) is 6.30. The number of nitrogens with one attached hydrogen (secondary N) is 1. The van der Waals surface area contributed by atoms with Crippen molar-refractivity contribution in [3.05, 3.63) is 95.1 Å². The average Bonchev–Trinajstić information content (AvgIpc) is 2.94. The van der Waals surface area contributed by atoms with Crippen LogP contribution in [0.25, 0.3) is 11.1 Å². The van der Waals surface area contributed by atoms with Crippen LogP contribution in [-0.4, -0.2) is 31.5 Å². The first-order chi connectivity index (χ1) is 19.9. The number of hydrogen-bond acceptors (Lipinski definition) is 4. The van der Waals surface area contributed by atoms with Crippen LogP contribution in [0.15, 0.2) is 72.8 Å². The fourth-order valence-electron chi connectivity index (χ4n) is 4.42. The van der Waals surface area contributed by atoms with Gasteiger partial charge in [0.2, 0.25) is 0 Å². The van der Waals surface area contributed by atoms with Gasteiger partial charge in [0.05, 0.1) is 18.7 Å². The molecule has 0 aliphatic heterocycles. The second-order valence-corrected chi connectivity index (χ2v) is 10.8. The molecular formula is C34H40F3NO4. The molecule has 3 rings (SSSR count). The van der Waals surface area contributed by atoms with Gasteiger partial charge in [-0.25, -0.2) is 4.79 Å². The normalized spacial score (nSPS) is 12.4. The summed E-state index contributed by atoms with van der Waals surface area (Å²) < 4.78 is 59.0. The molecule has 5 nitrogen and oxygen atoms in total. The SMILES string of the molecule is CCCCOc1ccc(/C(=C(\CC)c2ccccc2C(F)(F)F)c2ccc(OCCNC(=O)OC(C)(C)C)cc2)cc1. The van der Waals surface area contributed by atoms with E-state index in [0.717, 1.165) is 30.0 Å². The Bertz CT molecular complexity index is 1320. The highest BCUT2D eigenvalue weighted by Gasteiger charge is 2.34. The molecule has 0 spiro atoms. The third-order valence-electron chi connectivity index (χ3n) is 6.30. The van der Waals surface area contributed by atoms with E-state index in [1.54, 1.807) is 39.0 Å². The predicted octanol–water partition coefficient (Wildman–Crippen LogP) is 9.16. The summed E-state index contributed by atoms with van der Waals surface area (Å²) in [6.07, 6.45) is -2.68.